The lowest BCUT2D eigenvalue weighted by molar-refractivity contribution is 0.261. The molecule has 0 aromatic heterocycles. The van der Waals surface area contributed by atoms with Crippen LogP contribution in [0.2, 0.25) is 0 Å². The van der Waals surface area contributed by atoms with Crippen molar-refractivity contribution in [1.82, 2.24) is 0 Å². The van der Waals surface area contributed by atoms with Crippen LogP contribution in [0.4, 0.5) is 0 Å². The summed E-state index contributed by atoms with van der Waals surface area (Å²) >= 11 is 0. The van der Waals surface area contributed by atoms with Crippen LogP contribution in [-0.4, -0.2) is 0 Å². The predicted octanol–water partition coefficient (Wildman–Crippen LogP) is 6.61. The Morgan fingerprint density at radius 2 is 1.84 bits per heavy atom. The van der Waals surface area contributed by atoms with Crippen molar-refractivity contribution in [2.24, 2.45) is 23.7 Å². The van der Waals surface area contributed by atoms with Crippen molar-refractivity contribution in [2.75, 3.05) is 0 Å². The zero-order valence-corrected chi connectivity index (χ0v) is 13.9. The second-order valence-corrected chi connectivity index (χ2v) is 7.58. The lowest BCUT2D eigenvalue weighted by Gasteiger charge is -2.30. The van der Waals surface area contributed by atoms with Gasteiger partial charge in [-0.15, -0.1) is 0 Å². The molecule has 1 aliphatic carbocycles. The minimum Gasteiger partial charge on any atom is -0.0999 e. The molecule has 112 valence electrons. The first-order valence-electron chi connectivity index (χ1n) is 8.64. The first-order valence-corrected chi connectivity index (χ1v) is 8.64. The summed E-state index contributed by atoms with van der Waals surface area (Å²) < 4.78 is 0. The highest BCUT2D eigenvalue weighted by atomic mass is 14.3. The molecule has 1 saturated carbocycles. The van der Waals surface area contributed by atoms with E-state index in [4.69, 9.17) is 0 Å². The smallest absolute Gasteiger partial charge is 0.0206 e. The quantitative estimate of drug-likeness (QED) is 0.433. The topological polar surface area (TPSA) is 0 Å². The van der Waals surface area contributed by atoms with Gasteiger partial charge in [0.05, 0.1) is 0 Å². The van der Waals surface area contributed by atoms with E-state index in [9.17, 15) is 0 Å². The van der Waals surface area contributed by atoms with E-state index >= 15 is 0 Å². The number of rotatable bonds is 8. The number of hydrogen-bond donors (Lipinski definition) is 0. The van der Waals surface area contributed by atoms with Gasteiger partial charge in [0.15, 0.2) is 0 Å². The van der Waals surface area contributed by atoms with Crippen LogP contribution in [0.15, 0.2) is 12.2 Å². The lowest BCUT2D eigenvalue weighted by Crippen LogP contribution is -2.16. The molecule has 0 N–H and O–H groups in total. The van der Waals surface area contributed by atoms with Crippen LogP contribution >= 0.6 is 0 Å². The van der Waals surface area contributed by atoms with Crippen molar-refractivity contribution >= 4 is 0 Å². The van der Waals surface area contributed by atoms with Gasteiger partial charge in [0.1, 0.15) is 0 Å². The highest BCUT2D eigenvalue weighted by Gasteiger charge is 2.22. The molecular weight excluding hydrogens is 228 g/mol. The average molecular weight is 264 g/mol. The molecular formula is C19H36. The Hall–Kier alpha value is -0.260. The molecule has 0 saturated heterocycles. The van der Waals surface area contributed by atoms with Crippen LogP contribution < -0.4 is 0 Å². The second kappa shape index (κ2) is 8.82. The van der Waals surface area contributed by atoms with Gasteiger partial charge < -0.3 is 0 Å². The van der Waals surface area contributed by atoms with Gasteiger partial charge in [-0.1, -0.05) is 77.9 Å². The molecule has 0 heterocycles. The van der Waals surface area contributed by atoms with Gasteiger partial charge in [0.2, 0.25) is 0 Å². The molecule has 0 aliphatic heterocycles. The maximum absolute atomic E-state index is 4.17. The Kier molecular flexibility index (Phi) is 7.80. The van der Waals surface area contributed by atoms with Crippen molar-refractivity contribution in [2.45, 2.75) is 85.5 Å². The van der Waals surface area contributed by atoms with Crippen LogP contribution in [0, 0.1) is 23.7 Å². The zero-order chi connectivity index (χ0) is 14.3. The van der Waals surface area contributed by atoms with Gasteiger partial charge in [-0.25, -0.2) is 0 Å². The highest BCUT2D eigenvalue weighted by molar-refractivity contribution is 4.98. The summed E-state index contributed by atoms with van der Waals surface area (Å²) in [5.74, 6) is 3.63. The lowest BCUT2D eigenvalue weighted by atomic mass is 9.76. The molecule has 1 aliphatic rings. The molecule has 0 bridgehead atoms. The van der Waals surface area contributed by atoms with E-state index in [-0.39, 0.29) is 0 Å². The monoisotopic (exact) mass is 264 g/mol. The summed E-state index contributed by atoms with van der Waals surface area (Å²) in [5, 5.41) is 0. The van der Waals surface area contributed by atoms with E-state index in [1.54, 1.807) is 0 Å². The van der Waals surface area contributed by atoms with Crippen molar-refractivity contribution < 1.29 is 0 Å². The molecule has 0 aromatic carbocycles. The van der Waals surface area contributed by atoms with E-state index in [2.05, 4.69) is 34.3 Å². The predicted molar refractivity (Wildman–Crippen MR) is 87.3 cm³/mol. The molecule has 19 heavy (non-hydrogen) atoms. The maximum Gasteiger partial charge on any atom is -0.0206 e. The third kappa shape index (κ3) is 7.18. The molecule has 0 aromatic rings. The SMILES string of the molecule is C=C(C)C1CCCC(CCC(C)CCCC(C)C)C1. The minimum atomic E-state index is 0.829. The van der Waals surface area contributed by atoms with E-state index < -0.39 is 0 Å². The summed E-state index contributed by atoms with van der Waals surface area (Å²) in [7, 11) is 0. The summed E-state index contributed by atoms with van der Waals surface area (Å²) in [5.41, 5.74) is 1.43. The molecule has 0 spiro atoms. The summed E-state index contributed by atoms with van der Waals surface area (Å²) in [6.07, 6.45) is 12.9. The fourth-order valence-corrected chi connectivity index (χ4v) is 3.54. The summed E-state index contributed by atoms with van der Waals surface area (Å²) in [6, 6.07) is 0. The summed E-state index contributed by atoms with van der Waals surface area (Å²) in [4.78, 5) is 0. The Balaban J connectivity index is 2.15. The molecule has 1 fully saturated rings. The average Bonchev–Trinajstić information content (AvgIpc) is 2.36. The molecule has 3 atom stereocenters. The zero-order valence-electron chi connectivity index (χ0n) is 13.9. The molecule has 0 heteroatoms. The number of hydrogen-bond acceptors (Lipinski definition) is 0. The molecule has 3 unspecified atom stereocenters. The molecule has 0 amide bonds. The number of allylic oxidation sites excluding steroid dienone is 1. The molecule has 0 nitrogen and oxygen atoms in total. The van der Waals surface area contributed by atoms with Gasteiger partial charge >= 0.3 is 0 Å². The Morgan fingerprint density at radius 1 is 1.11 bits per heavy atom. The van der Waals surface area contributed by atoms with Crippen molar-refractivity contribution in [3.05, 3.63) is 12.2 Å². The van der Waals surface area contributed by atoms with Crippen LogP contribution in [0.25, 0.3) is 0 Å². The van der Waals surface area contributed by atoms with E-state index in [0.717, 1.165) is 23.7 Å². The summed E-state index contributed by atoms with van der Waals surface area (Å²) in [6.45, 7) is 13.5. The van der Waals surface area contributed by atoms with Crippen LogP contribution in [0.3, 0.4) is 0 Å². The van der Waals surface area contributed by atoms with E-state index in [1.165, 1.54) is 63.4 Å². The Labute approximate surface area is 122 Å². The van der Waals surface area contributed by atoms with Crippen LogP contribution in [-0.2, 0) is 0 Å². The largest absolute Gasteiger partial charge is 0.0999 e. The van der Waals surface area contributed by atoms with Crippen molar-refractivity contribution in [1.29, 1.82) is 0 Å². The fourth-order valence-electron chi connectivity index (χ4n) is 3.54. The van der Waals surface area contributed by atoms with Crippen LogP contribution in [0.1, 0.15) is 85.5 Å². The van der Waals surface area contributed by atoms with Gasteiger partial charge in [0.25, 0.3) is 0 Å². The molecule has 1 rings (SSSR count). The second-order valence-electron chi connectivity index (χ2n) is 7.58. The normalized spacial score (nSPS) is 25.5. The van der Waals surface area contributed by atoms with Crippen molar-refractivity contribution in [3.8, 4) is 0 Å². The van der Waals surface area contributed by atoms with Crippen LogP contribution in [0.5, 0.6) is 0 Å². The standard InChI is InChI=1S/C19H36/c1-15(2)8-6-9-17(5)12-13-18-10-7-11-19(14-18)16(3)4/h15,17-19H,3,6-14H2,1-2,4-5H3. The Bertz CT molecular complexity index is 251. The van der Waals surface area contributed by atoms with E-state index in [0.29, 0.717) is 0 Å². The maximum atomic E-state index is 4.17. The first kappa shape index (κ1) is 16.8. The minimum absolute atomic E-state index is 0.829. The van der Waals surface area contributed by atoms with E-state index in [1.807, 2.05) is 0 Å². The van der Waals surface area contributed by atoms with Gasteiger partial charge in [-0.2, -0.15) is 0 Å². The fraction of sp³-hybridized carbons (Fsp3) is 0.895. The third-order valence-electron chi connectivity index (χ3n) is 5.03. The van der Waals surface area contributed by atoms with Gasteiger partial charge in [0, 0.05) is 0 Å². The Morgan fingerprint density at radius 3 is 2.47 bits per heavy atom. The highest BCUT2D eigenvalue weighted by Crippen LogP contribution is 2.36. The van der Waals surface area contributed by atoms with Crippen molar-refractivity contribution in [3.63, 3.8) is 0 Å². The molecule has 0 radical (unpaired) electrons. The third-order valence-corrected chi connectivity index (χ3v) is 5.03. The van der Waals surface area contributed by atoms with Gasteiger partial charge in [-0.05, 0) is 43.4 Å². The first-order chi connectivity index (χ1) is 8.99. The van der Waals surface area contributed by atoms with Gasteiger partial charge in [-0.3, -0.25) is 0 Å².